The van der Waals surface area contributed by atoms with Gasteiger partial charge in [-0.1, -0.05) is 42.5 Å². The molecule has 1 amide bonds. The summed E-state index contributed by atoms with van der Waals surface area (Å²) >= 11 is 0. The maximum absolute atomic E-state index is 12.9. The average molecular weight is 497 g/mol. The molecule has 0 aliphatic rings. The lowest BCUT2D eigenvalue weighted by Gasteiger charge is -2.17. The minimum absolute atomic E-state index is 0.00413. The van der Waals surface area contributed by atoms with E-state index in [2.05, 4.69) is 11.9 Å². The van der Waals surface area contributed by atoms with Gasteiger partial charge in [-0.2, -0.15) is 5.26 Å². The Morgan fingerprint density at radius 1 is 1.08 bits per heavy atom. The molecule has 0 aliphatic heterocycles. The van der Waals surface area contributed by atoms with E-state index in [-0.39, 0.29) is 11.7 Å². The molecular formula is C31H32N2O4. The molecule has 0 saturated heterocycles. The normalized spacial score (nSPS) is 10.9. The molecule has 0 aliphatic carbocycles. The van der Waals surface area contributed by atoms with Gasteiger partial charge in [0.15, 0.2) is 11.5 Å². The highest BCUT2D eigenvalue weighted by Crippen LogP contribution is 2.35. The topological polar surface area (TPSA) is 80.6 Å². The fraction of sp³-hybridized carbons (Fsp3) is 0.226. The first-order chi connectivity index (χ1) is 17.9. The second-order valence-corrected chi connectivity index (χ2v) is 8.53. The standard InChI is InChI=1S/C31H32N2O4/c1-5-11-25-16-24(18-29(35-6-2)30(25)36-21-23-12-8-7-9-13-23)17-26(20-32)31(34)33-27-14-10-15-28(19-27)37-22(3)4/h5,7-10,12-19,22H,1,6,11,21H2,2-4H3,(H,33,34)/b26-17-. The van der Waals surface area contributed by atoms with E-state index in [1.165, 1.54) is 0 Å². The molecule has 0 saturated carbocycles. The SMILES string of the molecule is C=CCc1cc(/C=C(/C#N)C(=O)Nc2cccc(OC(C)C)c2)cc(OCC)c1OCc1ccccc1. The van der Waals surface area contributed by atoms with Crippen molar-refractivity contribution in [3.63, 3.8) is 0 Å². The summed E-state index contributed by atoms with van der Waals surface area (Å²) < 4.78 is 17.7. The van der Waals surface area contributed by atoms with E-state index in [0.717, 1.165) is 11.1 Å². The predicted molar refractivity (Wildman–Crippen MR) is 147 cm³/mol. The molecule has 0 unspecified atom stereocenters. The maximum Gasteiger partial charge on any atom is 0.266 e. The molecule has 0 heterocycles. The molecule has 190 valence electrons. The number of benzene rings is 3. The number of carbonyl (C=O) groups excluding carboxylic acids is 1. The third-order valence-electron chi connectivity index (χ3n) is 5.18. The molecule has 6 nitrogen and oxygen atoms in total. The lowest BCUT2D eigenvalue weighted by atomic mass is 10.0. The molecule has 0 bridgehead atoms. The van der Waals surface area contributed by atoms with Crippen LogP contribution in [0.15, 0.2) is 85.0 Å². The van der Waals surface area contributed by atoms with Gasteiger partial charge >= 0.3 is 0 Å². The second-order valence-electron chi connectivity index (χ2n) is 8.53. The second kappa shape index (κ2) is 13.6. The molecule has 0 radical (unpaired) electrons. The maximum atomic E-state index is 12.9. The Morgan fingerprint density at radius 2 is 1.86 bits per heavy atom. The molecule has 0 fully saturated rings. The van der Waals surface area contributed by atoms with Crippen LogP contribution in [0.5, 0.6) is 17.2 Å². The van der Waals surface area contributed by atoms with Crippen molar-refractivity contribution in [3.05, 3.63) is 102 Å². The third kappa shape index (κ3) is 8.01. The number of nitriles is 1. The van der Waals surface area contributed by atoms with Crippen molar-refractivity contribution < 1.29 is 19.0 Å². The van der Waals surface area contributed by atoms with Crippen molar-refractivity contribution in [3.8, 4) is 23.3 Å². The molecule has 3 rings (SSSR count). The van der Waals surface area contributed by atoms with Crippen LogP contribution < -0.4 is 19.5 Å². The van der Waals surface area contributed by atoms with Crippen molar-refractivity contribution >= 4 is 17.7 Å². The van der Waals surface area contributed by atoms with Gasteiger partial charge in [-0.3, -0.25) is 4.79 Å². The van der Waals surface area contributed by atoms with Crippen molar-refractivity contribution in [1.29, 1.82) is 5.26 Å². The van der Waals surface area contributed by atoms with E-state index in [1.807, 2.05) is 69.3 Å². The summed E-state index contributed by atoms with van der Waals surface area (Å²) in [6.07, 6.45) is 3.85. The van der Waals surface area contributed by atoms with Gasteiger partial charge < -0.3 is 19.5 Å². The number of ether oxygens (including phenoxy) is 3. The number of hydrogen-bond donors (Lipinski definition) is 1. The van der Waals surface area contributed by atoms with Gasteiger partial charge in [-0.15, -0.1) is 6.58 Å². The zero-order valence-corrected chi connectivity index (χ0v) is 21.5. The monoisotopic (exact) mass is 496 g/mol. The van der Waals surface area contributed by atoms with E-state index in [4.69, 9.17) is 14.2 Å². The Morgan fingerprint density at radius 3 is 2.54 bits per heavy atom. The van der Waals surface area contributed by atoms with Crippen LogP contribution in [0.3, 0.4) is 0 Å². The van der Waals surface area contributed by atoms with Crippen molar-refractivity contribution in [2.75, 3.05) is 11.9 Å². The zero-order valence-electron chi connectivity index (χ0n) is 21.5. The van der Waals surface area contributed by atoms with Gasteiger partial charge in [0.05, 0.1) is 12.7 Å². The molecule has 3 aromatic carbocycles. The summed E-state index contributed by atoms with van der Waals surface area (Å²) in [7, 11) is 0. The van der Waals surface area contributed by atoms with Crippen LogP contribution in [0, 0.1) is 11.3 Å². The van der Waals surface area contributed by atoms with Crippen LogP contribution in [-0.2, 0) is 17.8 Å². The number of allylic oxidation sites excluding steroid dienone is 1. The summed E-state index contributed by atoms with van der Waals surface area (Å²) in [5, 5.41) is 12.5. The van der Waals surface area contributed by atoms with Crippen LogP contribution >= 0.6 is 0 Å². The third-order valence-corrected chi connectivity index (χ3v) is 5.18. The number of rotatable bonds is 12. The molecule has 1 N–H and O–H groups in total. The smallest absolute Gasteiger partial charge is 0.266 e. The van der Waals surface area contributed by atoms with E-state index < -0.39 is 5.91 Å². The number of anilines is 1. The molecular weight excluding hydrogens is 464 g/mol. The minimum Gasteiger partial charge on any atom is -0.491 e. The first-order valence-electron chi connectivity index (χ1n) is 12.2. The van der Waals surface area contributed by atoms with Gasteiger partial charge in [0, 0.05) is 17.3 Å². The lowest BCUT2D eigenvalue weighted by Crippen LogP contribution is -2.14. The molecule has 0 spiro atoms. The first kappa shape index (κ1) is 27.1. The summed E-state index contributed by atoms with van der Waals surface area (Å²) in [5.41, 5.74) is 3.02. The quantitative estimate of drug-likeness (QED) is 0.171. The number of nitrogens with zero attached hydrogens (tertiary/aromatic N) is 1. The van der Waals surface area contributed by atoms with Gasteiger partial charge in [-0.05, 0) is 68.7 Å². The first-order valence-corrected chi connectivity index (χ1v) is 12.2. The summed E-state index contributed by atoms with van der Waals surface area (Å²) in [6.45, 7) is 10.4. The van der Waals surface area contributed by atoms with Crippen molar-refractivity contribution in [2.45, 2.75) is 39.9 Å². The van der Waals surface area contributed by atoms with Gasteiger partial charge in [0.25, 0.3) is 5.91 Å². The predicted octanol–water partition coefficient (Wildman–Crippen LogP) is 6.73. The van der Waals surface area contributed by atoms with Crippen LogP contribution in [0.2, 0.25) is 0 Å². The van der Waals surface area contributed by atoms with Crippen LogP contribution in [-0.4, -0.2) is 18.6 Å². The summed E-state index contributed by atoms with van der Waals surface area (Å²) in [6, 6.07) is 22.6. The fourth-order valence-corrected chi connectivity index (χ4v) is 3.66. The number of hydrogen-bond acceptors (Lipinski definition) is 5. The lowest BCUT2D eigenvalue weighted by molar-refractivity contribution is -0.112. The highest BCUT2D eigenvalue weighted by Gasteiger charge is 2.16. The van der Waals surface area contributed by atoms with Gasteiger partial charge in [0.2, 0.25) is 0 Å². The fourth-order valence-electron chi connectivity index (χ4n) is 3.66. The van der Waals surface area contributed by atoms with Crippen molar-refractivity contribution in [1.82, 2.24) is 0 Å². The zero-order chi connectivity index (χ0) is 26.6. The van der Waals surface area contributed by atoms with Gasteiger partial charge in [-0.25, -0.2) is 0 Å². The molecule has 6 heteroatoms. The van der Waals surface area contributed by atoms with Crippen LogP contribution in [0.4, 0.5) is 5.69 Å². The minimum atomic E-state index is -0.517. The van der Waals surface area contributed by atoms with Crippen molar-refractivity contribution in [2.24, 2.45) is 0 Å². The number of nitrogens with one attached hydrogen (secondary N) is 1. The van der Waals surface area contributed by atoms with Crippen LogP contribution in [0.25, 0.3) is 6.08 Å². The highest BCUT2D eigenvalue weighted by molar-refractivity contribution is 6.09. The summed E-state index contributed by atoms with van der Waals surface area (Å²) in [5.74, 6) is 1.28. The Balaban J connectivity index is 1.89. The molecule has 37 heavy (non-hydrogen) atoms. The van der Waals surface area contributed by atoms with E-state index in [9.17, 15) is 10.1 Å². The van der Waals surface area contributed by atoms with E-state index in [0.29, 0.717) is 48.1 Å². The van der Waals surface area contributed by atoms with E-state index >= 15 is 0 Å². The molecule has 0 aromatic heterocycles. The van der Waals surface area contributed by atoms with Gasteiger partial charge in [0.1, 0.15) is 24.0 Å². The Kier molecular flexibility index (Phi) is 9.92. The number of amides is 1. The highest BCUT2D eigenvalue weighted by atomic mass is 16.5. The summed E-state index contributed by atoms with van der Waals surface area (Å²) in [4.78, 5) is 12.9. The largest absolute Gasteiger partial charge is 0.491 e. The van der Waals surface area contributed by atoms with Crippen LogP contribution in [0.1, 0.15) is 37.5 Å². The Labute approximate surface area is 218 Å². The molecule has 0 atom stereocenters. The van der Waals surface area contributed by atoms with E-state index in [1.54, 1.807) is 36.4 Å². The number of carbonyl (C=O) groups is 1. The average Bonchev–Trinajstić information content (AvgIpc) is 2.87. The Bertz CT molecular complexity index is 1290. The molecule has 3 aromatic rings. The Hall–Kier alpha value is -4.50.